The maximum absolute atomic E-state index is 13.9. The first-order valence-electron chi connectivity index (χ1n) is 11.6. The number of nitrogen functional groups attached to an aromatic ring is 1. The van der Waals surface area contributed by atoms with Crippen molar-refractivity contribution in [2.24, 2.45) is 0 Å². The zero-order chi connectivity index (χ0) is 29.5. The van der Waals surface area contributed by atoms with Crippen molar-refractivity contribution in [1.29, 1.82) is 0 Å². The number of carbonyl (C=O) groups is 1. The van der Waals surface area contributed by atoms with Crippen molar-refractivity contribution < 1.29 is 30.8 Å². The summed E-state index contributed by atoms with van der Waals surface area (Å²) in [4.78, 5) is 30.7. The van der Waals surface area contributed by atoms with Gasteiger partial charge in [-0.25, -0.2) is 27.8 Å². The number of nitrogens with zero attached hydrogens (tertiary/aromatic N) is 5. The minimum absolute atomic E-state index is 0.00202. The maximum Gasteiger partial charge on any atom is 0.433 e. The van der Waals surface area contributed by atoms with Crippen LogP contribution in [0.4, 0.5) is 29.1 Å². The predicted molar refractivity (Wildman–Crippen MR) is 144 cm³/mol. The lowest BCUT2D eigenvalue weighted by Gasteiger charge is -2.24. The van der Waals surface area contributed by atoms with Crippen molar-refractivity contribution in [2.45, 2.75) is 17.7 Å². The Hall–Kier alpha value is -4.50. The second-order valence-electron chi connectivity index (χ2n) is 8.83. The monoisotopic (exact) mass is 602 g/mol. The number of aromatic nitrogens is 4. The molecule has 5 rings (SSSR count). The van der Waals surface area contributed by atoms with Crippen LogP contribution in [0.3, 0.4) is 0 Å². The van der Waals surface area contributed by atoms with Crippen molar-refractivity contribution in [1.82, 2.24) is 19.9 Å². The zero-order valence-electron chi connectivity index (χ0n) is 20.9. The third-order valence-corrected chi connectivity index (χ3v) is 7.91. The Bertz CT molecular complexity index is 1890. The molecule has 0 aliphatic heterocycles. The minimum Gasteiger partial charge on any atom is -0.381 e. The summed E-state index contributed by atoms with van der Waals surface area (Å²) in [7, 11) is -3.87. The molecule has 5 aromatic rings. The number of sulfone groups is 1. The highest BCUT2D eigenvalue weighted by Crippen LogP contribution is 2.33. The highest BCUT2D eigenvalue weighted by molar-refractivity contribution is 7.90. The van der Waals surface area contributed by atoms with Crippen molar-refractivity contribution in [3.05, 3.63) is 89.1 Å². The van der Waals surface area contributed by atoms with Gasteiger partial charge in [0.25, 0.3) is 5.91 Å². The molecule has 1 aromatic carbocycles. The summed E-state index contributed by atoms with van der Waals surface area (Å²) in [5, 5.41) is 0.362. The number of anilines is 2. The van der Waals surface area contributed by atoms with Crippen LogP contribution in [0, 0.1) is 5.82 Å². The lowest BCUT2D eigenvalue weighted by molar-refractivity contribution is -0.141. The summed E-state index contributed by atoms with van der Waals surface area (Å²) in [5.74, 6) is -1.62. The Morgan fingerprint density at radius 3 is 2.51 bits per heavy atom. The maximum atomic E-state index is 13.9. The third kappa shape index (κ3) is 5.85. The van der Waals surface area contributed by atoms with Gasteiger partial charge < -0.3 is 10.6 Å². The van der Waals surface area contributed by atoms with E-state index in [0.717, 1.165) is 29.9 Å². The number of pyridine rings is 3. The van der Waals surface area contributed by atoms with E-state index in [1.165, 1.54) is 41.6 Å². The fourth-order valence-corrected chi connectivity index (χ4v) is 5.62. The van der Waals surface area contributed by atoms with Gasteiger partial charge in [-0.1, -0.05) is 12.1 Å². The molecular weight excluding hydrogens is 584 g/mol. The summed E-state index contributed by atoms with van der Waals surface area (Å²) in [6.45, 7) is -0.142. The van der Waals surface area contributed by atoms with Crippen molar-refractivity contribution in [2.75, 3.05) is 16.9 Å². The second-order valence-corrected chi connectivity index (χ2v) is 11.8. The zero-order valence-corrected chi connectivity index (χ0v) is 22.6. The van der Waals surface area contributed by atoms with E-state index in [-0.39, 0.29) is 38.5 Å². The first kappa shape index (κ1) is 28.0. The predicted octanol–water partition coefficient (Wildman–Crippen LogP) is 5.14. The van der Waals surface area contributed by atoms with Crippen LogP contribution in [-0.2, 0) is 22.6 Å². The van der Waals surface area contributed by atoms with Crippen LogP contribution in [0.1, 0.15) is 20.9 Å². The normalized spacial score (nSPS) is 12.0. The molecule has 0 saturated carbocycles. The summed E-state index contributed by atoms with van der Waals surface area (Å²) in [6, 6.07) is 10.9. The summed E-state index contributed by atoms with van der Waals surface area (Å²) >= 11 is 0.896. The standard InChI is InChI=1S/C26H18F4N6O3S2/c1-41(38,39)24-19(3-2-8-32-24)36(13-14-4-5-15-10-17(27)22(31)35-18(15)9-14)25(37)20-12-34-23(40-20)16-6-7-21(33-11-16)26(28,29)30/h2-12H,13H2,1H3,(H2,31,35). The van der Waals surface area contributed by atoms with Gasteiger partial charge in [-0.05, 0) is 42.0 Å². The van der Waals surface area contributed by atoms with Gasteiger partial charge in [0.05, 0.1) is 23.9 Å². The van der Waals surface area contributed by atoms with E-state index in [4.69, 9.17) is 5.73 Å². The molecule has 0 radical (unpaired) electrons. The number of hydrogen-bond acceptors (Lipinski definition) is 9. The van der Waals surface area contributed by atoms with Gasteiger partial charge >= 0.3 is 6.18 Å². The number of rotatable bonds is 6. The minimum atomic E-state index is -4.61. The summed E-state index contributed by atoms with van der Waals surface area (Å²) in [6.07, 6.45) is -0.117. The number of fused-ring (bicyclic) bond motifs is 1. The van der Waals surface area contributed by atoms with Crippen LogP contribution < -0.4 is 10.6 Å². The number of carbonyl (C=O) groups excluding carboxylic acids is 1. The first-order valence-corrected chi connectivity index (χ1v) is 14.3. The van der Waals surface area contributed by atoms with Gasteiger partial charge in [0.2, 0.25) is 0 Å². The third-order valence-electron chi connectivity index (χ3n) is 5.86. The van der Waals surface area contributed by atoms with E-state index < -0.39 is 33.4 Å². The van der Waals surface area contributed by atoms with E-state index in [0.29, 0.717) is 16.5 Å². The topological polar surface area (TPSA) is 132 Å². The molecule has 1 amide bonds. The van der Waals surface area contributed by atoms with Gasteiger partial charge in [-0.15, -0.1) is 11.3 Å². The number of nitrogens with two attached hydrogens (primary N) is 1. The molecule has 41 heavy (non-hydrogen) atoms. The SMILES string of the molecule is CS(=O)(=O)c1ncccc1N(Cc1ccc2cc(F)c(N)nc2c1)C(=O)c1cnc(-c2ccc(C(F)(F)F)nc2)s1. The van der Waals surface area contributed by atoms with Crippen LogP contribution in [0.2, 0.25) is 0 Å². The highest BCUT2D eigenvalue weighted by atomic mass is 32.2. The smallest absolute Gasteiger partial charge is 0.381 e. The molecule has 0 fully saturated rings. The highest BCUT2D eigenvalue weighted by Gasteiger charge is 2.32. The van der Waals surface area contributed by atoms with Gasteiger partial charge in [-0.2, -0.15) is 13.2 Å². The molecule has 0 saturated heterocycles. The van der Waals surface area contributed by atoms with E-state index in [9.17, 15) is 30.8 Å². The summed E-state index contributed by atoms with van der Waals surface area (Å²) in [5.41, 5.74) is 5.68. The average Bonchev–Trinajstić information content (AvgIpc) is 3.42. The van der Waals surface area contributed by atoms with Gasteiger partial charge in [0.1, 0.15) is 15.6 Å². The molecule has 15 heteroatoms. The van der Waals surface area contributed by atoms with Crippen LogP contribution >= 0.6 is 11.3 Å². The van der Waals surface area contributed by atoms with Gasteiger partial charge in [0.15, 0.2) is 26.5 Å². The Balaban J connectivity index is 1.55. The number of halogens is 4. The van der Waals surface area contributed by atoms with E-state index in [1.54, 1.807) is 18.2 Å². The van der Waals surface area contributed by atoms with Gasteiger partial charge in [0, 0.05) is 29.6 Å². The molecule has 4 aromatic heterocycles. The van der Waals surface area contributed by atoms with Gasteiger partial charge in [-0.3, -0.25) is 9.78 Å². The quantitative estimate of drug-likeness (QED) is 0.264. The largest absolute Gasteiger partial charge is 0.433 e. The fourth-order valence-electron chi connectivity index (χ4n) is 3.95. The van der Waals surface area contributed by atoms with Crippen LogP contribution in [0.5, 0.6) is 0 Å². The molecule has 0 atom stereocenters. The number of alkyl halides is 3. The van der Waals surface area contributed by atoms with Crippen LogP contribution in [0.15, 0.2) is 72.1 Å². The fraction of sp³-hybridized carbons (Fsp3) is 0.115. The molecule has 0 aliphatic rings. The Morgan fingerprint density at radius 2 is 1.83 bits per heavy atom. The molecule has 0 aliphatic carbocycles. The van der Waals surface area contributed by atoms with Crippen LogP contribution in [-0.4, -0.2) is 40.5 Å². The number of benzene rings is 1. The molecule has 4 heterocycles. The van der Waals surface area contributed by atoms with Crippen molar-refractivity contribution in [3.8, 4) is 10.6 Å². The molecule has 210 valence electrons. The van der Waals surface area contributed by atoms with Crippen LogP contribution in [0.25, 0.3) is 21.5 Å². The van der Waals surface area contributed by atoms with Crippen molar-refractivity contribution in [3.63, 3.8) is 0 Å². The Kier molecular flexibility index (Phi) is 7.17. The lowest BCUT2D eigenvalue weighted by atomic mass is 10.1. The van der Waals surface area contributed by atoms with E-state index in [1.807, 2.05) is 0 Å². The average molecular weight is 603 g/mol. The number of thiazole rings is 1. The lowest BCUT2D eigenvalue weighted by Crippen LogP contribution is -2.31. The van der Waals surface area contributed by atoms with Crippen molar-refractivity contribution >= 4 is 49.5 Å². The molecule has 0 bridgehead atoms. The Morgan fingerprint density at radius 1 is 1.05 bits per heavy atom. The second kappa shape index (κ2) is 10.5. The summed E-state index contributed by atoms with van der Waals surface area (Å²) < 4.78 is 77.7. The molecule has 2 N–H and O–H groups in total. The van der Waals surface area contributed by atoms with E-state index >= 15 is 0 Å². The molecule has 0 spiro atoms. The molecular formula is C26H18F4N6O3S2. The molecule has 0 unspecified atom stereocenters. The Labute approximate surface area is 234 Å². The molecule has 9 nitrogen and oxygen atoms in total. The van der Waals surface area contributed by atoms with E-state index in [2.05, 4.69) is 19.9 Å². The first-order chi connectivity index (χ1) is 19.3. The number of amides is 1. The number of hydrogen-bond donors (Lipinski definition) is 1.